The standard InChI is InChI=1S/C16H16ClNO/c17-16-9-11(10-18)1-8-15(16)12-2-4-13(5-3-12)19-14-6-7-14/h1-5,8-9,14H,6-7,10,18H2. The van der Waals surface area contributed by atoms with Gasteiger partial charge in [-0.2, -0.15) is 0 Å². The summed E-state index contributed by atoms with van der Waals surface area (Å²) < 4.78 is 5.73. The maximum absolute atomic E-state index is 6.29. The molecule has 2 nitrogen and oxygen atoms in total. The van der Waals surface area contributed by atoms with Gasteiger partial charge in [-0.25, -0.2) is 0 Å². The van der Waals surface area contributed by atoms with Crippen LogP contribution in [0.25, 0.3) is 11.1 Å². The lowest BCUT2D eigenvalue weighted by Crippen LogP contribution is -1.96. The molecule has 0 unspecified atom stereocenters. The molecular weight excluding hydrogens is 258 g/mol. The third-order valence-corrected chi connectivity index (χ3v) is 3.57. The van der Waals surface area contributed by atoms with E-state index in [2.05, 4.69) is 0 Å². The maximum Gasteiger partial charge on any atom is 0.119 e. The average molecular weight is 274 g/mol. The molecule has 3 heteroatoms. The maximum atomic E-state index is 6.29. The monoisotopic (exact) mass is 273 g/mol. The van der Waals surface area contributed by atoms with E-state index < -0.39 is 0 Å². The van der Waals surface area contributed by atoms with Gasteiger partial charge in [-0.3, -0.25) is 0 Å². The molecular formula is C16H16ClNO. The van der Waals surface area contributed by atoms with Crippen LogP contribution in [0.4, 0.5) is 0 Å². The molecule has 0 radical (unpaired) electrons. The van der Waals surface area contributed by atoms with E-state index in [9.17, 15) is 0 Å². The Labute approximate surface area is 118 Å². The van der Waals surface area contributed by atoms with Crippen molar-refractivity contribution < 1.29 is 4.74 Å². The van der Waals surface area contributed by atoms with Crippen molar-refractivity contribution in [1.82, 2.24) is 0 Å². The van der Waals surface area contributed by atoms with Gasteiger partial charge in [-0.15, -0.1) is 0 Å². The molecule has 0 saturated heterocycles. The molecule has 0 aromatic heterocycles. The number of halogens is 1. The predicted molar refractivity (Wildman–Crippen MR) is 78.4 cm³/mol. The first kappa shape index (κ1) is 12.5. The molecule has 19 heavy (non-hydrogen) atoms. The molecule has 0 spiro atoms. The molecule has 3 rings (SSSR count). The Hall–Kier alpha value is -1.51. The molecule has 2 N–H and O–H groups in total. The van der Waals surface area contributed by atoms with Crippen LogP contribution in [0.3, 0.4) is 0 Å². The van der Waals surface area contributed by atoms with Crippen LogP contribution in [0.5, 0.6) is 5.75 Å². The molecule has 0 heterocycles. The summed E-state index contributed by atoms with van der Waals surface area (Å²) in [4.78, 5) is 0. The van der Waals surface area contributed by atoms with E-state index in [0.717, 1.165) is 27.5 Å². The topological polar surface area (TPSA) is 35.2 Å². The minimum absolute atomic E-state index is 0.429. The van der Waals surface area contributed by atoms with Gasteiger partial charge in [-0.1, -0.05) is 35.9 Å². The van der Waals surface area contributed by atoms with Gasteiger partial charge in [0, 0.05) is 17.1 Å². The van der Waals surface area contributed by atoms with E-state index >= 15 is 0 Å². The van der Waals surface area contributed by atoms with Crippen LogP contribution in [0.15, 0.2) is 42.5 Å². The van der Waals surface area contributed by atoms with Crippen molar-refractivity contribution in [3.8, 4) is 16.9 Å². The number of ether oxygens (including phenoxy) is 1. The van der Waals surface area contributed by atoms with Crippen molar-refractivity contribution in [2.75, 3.05) is 0 Å². The van der Waals surface area contributed by atoms with Crippen LogP contribution in [-0.4, -0.2) is 6.10 Å². The fourth-order valence-electron chi connectivity index (χ4n) is 2.01. The third kappa shape index (κ3) is 2.91. The van der Waals surface area contributed by atoms with E-state index in [0.29, 0.717) is 12.6 Å². The fourth-order valence-corrected chi connectivity index (χ4v) is 2.32. The van der Waals surface area contributed by atoms with Crippen LogP contribution >= 0.6 is 11.6 Å². The summed E-state index contributed by atoms with van der Waals surface area (Å²) in [5.41, 5.74) is 8.77. The molecule has 0 amide bonds. The van der Waals surface area contributed by atoms with Gasteiger partial charge in [-0.05, 0) is 42.2 Å². The summed E-state index contributed by atoms with van der Waals surface area (Å²) in [5.74, 6) is 0.931. The van der Waals surface area contributed by atoms with Crippen LogP contribution in [0.2, 0.25) is 5.02 Å². The minimum Gasteiger partial charge on any atom is -0.490 e. The Morgan fingerprint density at radius 2 is 1.84 bits per heavy atom. The summed E-state index contributed by atoms with van der Waals surface area (Å²) in [6.07, 6.45) is 2.78. The molecule has 0 bridgehead atoms. The third-order valence-electron chi connectivity index (χ3n) is 3.26. The largest absolute Gasteiger partial charge is 0.490 e. The normalized spacial score (nSPS) is 14.4. The fraction of sp³-hybridized carbons (Fsp3) is 0.250. The number of hydrogen-bond donors (Lipinski definition) is 1. The van der Waals surface area contributed by atoms with Crippen LogP contribution in [0, 0.1) is 0 Å². The number of hydrogen-bond acceptors (Lipinski definition) is 2. The minimum atomic E-state index is 0.429. The van der Waals surface area contributed by atoms with Gasteiger partial charge in [0.15, 0.2) is 0 Å². The quantitative estimate of drug-likeness (QED) is 0.914. The van der Waals surface area contributed by atoms with Crippen molar-refractivity contribution in [3.05, 3.63) is 53.1 Å². The van der Waals surface area contributed by atoms with Crippen LogP contribution in [-0.2, 0) is 6.54 Å². The molecule has 1 aliphatic rings. The first-order valence-electron chi connectivity index (χ1n) is 6.52. The van der Waals surface area contributed by atoms with Gasteiger partial charge in [0.2, 0.25) is 0 Å². The molecule has 0 aliphatic heterocycles. The molecule has 1 fully saturated rings. The Morgan fingerprint density at radius 3 is 2.42 bits per heavy atom. The Balaban J connectivity index is 1.84. The van der Waals surface area contributed by atoms with E-state index in [1.807, 2.05) is 42.5 Å². The molecule has 98 valence electrons. The zero-order chi connectivity index (χ0) is 13.2. The van der Waals surface area contributed by atoms with Crippen LogP contribution < -0.4 is 10.5 Å². The van der Waals surface area contributed by atoms with E-state index in [4.69, 9.17) is 22.1 Å². The van der Waals surface area contributed by atoms with E-state index in [-0.39, 0.29) is 0 Å². The molecule has 1 aliphatic carbocycles. The lowest BCUT2D eigenvalue weighted by molar-refractivity contribution is 0.303. The predicted octanol–water partition coefficient (Wildman–Crippen LogP) is 4.01. The van der Waals surface area contributed by atoms with Gasteiger partial charge in [0.25, 0.3) is 0 Å². The summed E-state index contributed by atoms with van der Waals surface area (Å²) in [5, 5.41) is 0.735. The molecule has 1 saturated carbocycles. The second-order valence-electron chi connectivity index (χ2n) is 4.86. The van der Waals surface area contributed by atoms with Crippen molar-refractivity contribution in [1.29, 1.82) is 0 Å². The van der Waals surface area contributed by atoms with Gasteiger partial charge in [0.05, 0.1) is 6.10 Å². The Kier molecular flexibility index (Phi) is 3.45. The van der Waals surface area contributed by atoms with Gasteiger partial charge >= 0.3 is 0 Å². The van der Waals surface area contributed by atoms with E-state index in [1.165, 1.54) is 12.8 Å². The molecule has 0 atom stereocenters. The van der Waals surface area contributed by atoms with Crippen molar-refractivity contribution >= 4 is 11.6 Å². The lowest BCUT2D eigenvalue weighted by atomic mass is 10.0. The second kappa shape index (κ2) is 5.24. The highest BCUT2D eigenvalue weighted by Crippen LogP contribution is 2.32. The number of nitrogens with two attached hydrogens (primary N) is 1. The van der Waals surface area contributed by atoms with Gasteiger partial charge < -0.3 is 10.5 Å². The van der Waals surface area contributed by atoms with Crippen molar-refractivity contribution in [3.63, 3.8) is 0 Å². The molecule has 2 aromatic carbocycles. The Bertz CT molecular complexity index is 576. The summed E-state index contributed by atoms with van der Waals surface area (Å²) >= 11 is 6.29. The summed E-state index contributed by atoms with van der Waals surface area (Å²) in [6.45, 7) is 0.508. The van der Waals surface area contributed by atoms with Crippen LogP contribution in [0.1, 0.15) is 18.4 Å². The van der Waals surface area contributed by atoms with Crippen molar-refractivity contribution in [2.45, 2.75) is 25.5 Å². The summed E-state index contributed by atoms with van der Waals surface area (Å²) in [7, 11) is 0. The smallest absolute Gasteiger partial charge is 0.119 e. The molecule has 2 aromatic rings. The average Bonchev–Trinajstić information content (AvgIpc) is 3.24. The zero-order valence-corrected chi connectivity index (χ0v) is 11.4. The SMILES string of the molecule is NCc1ccc(-c2ccc(OC3CC3)cc2)c(Cl)c1. The van der Waals surface area contributed by atoms with Gasteiger partial charge in [0.1, 0.15) is 5.75 Å². The first-order chi connectivity index (χ1) is 9.26. The second-order valence-corrected chi connectivity index (χ2v) is 5.27. The highest BCUT2D eigenvalue weighted by molar-refractivity contribution is 6.33. The highest BCUT2D eigenvalue weighted by atomic mass is 35.5. The lowest BCUT2D eigenvalue weighted by Gasteiger charge is -2.08. The number of benzene rings is 2. The zero-order valence-electron chi connectivity index (χ0n) is 10.6. The van der Waals surface area contributed by atoms with E-state index in [1.54, 1.807) is 0 Å². The highest BCUT2D eigenvalue weighted by Gasteiger charge is 2.23. The number of rotatable bonds is 4. The summed E-state index contributed by atoms with van der Waals surface area (Å²) in [6, 6.07) is 14.0. The first-order valence-corrected chi connectivity index (χ1v) is 6.89. The van der Waals surface area contributed by atoms with Crippen molar-refractivity contribution in [2.24, 2.45) is 5.73 Å². The Morgan fingerprint density at radius 1 is 1.11 bits per heavy atom.